The average Bonchev–Trinajstić information content (AvgIpc) is 2.78. The van der Waals surface area contributed by atoms with E-state index in [1.54, 1.807) is 36.5 Å². The second kappa shape index (κ2) is 9.08. The fourth-order valence-electron chi connectivity index (χ4n) is 4.10. The van der Waals surface area contributed by atoms with E-state index in [-0.39, 0.29) is 22.7 Å². The fourth-order valence-corrected chi connectivity index (χ4v) is 5.64. The Morgan fingerprint density at radius 1 is 1.03 bits per heavy atom. The minimum Gasteiger partial charge on any atom is -0.504 e. The normalized spacial score (nSPS) is 19.6. The zero-order chi connectivity index (χ0) is 21.8. The molecular formula is C24H26N2O4S. The number of aromatic hydroxyl groups is 1. The summed E-state index contributed by atoms with van der Waals surface area (Å²) in [4.78, 5) is 4.93. The number of ether oxygens (including phenoxy) is 1. The van der Waals surface area contributed by atoms with Gasteiger partial charge in [0.15, 0.2) is 11.5 Å². The predicted molar refractivity (Wildman–Crippen MR) is 123 cm³/mol. The maximum absolute atomic E-state index is 13.3. The minimum atomic E-state index is -3.71. The van der Waals surface area contributed by atoms with Gasteiger partial charge in [-0.3, -0.25) is 4.99 Å². The van der Waals surface area contributed by atoms with Crippen molar-refractivity contribution in [2.75, 3.05) is 7.11 Å². The van der Waals surface area contributed by atoms with E-state index in [0.29, 0.717) is 16.7 Å². The standard InChI is InChI=1S/C24H26N2O4S/c1-30-22-14-6-10-18(24(22)27)16-25-20-12-4-5-13-21(20)26-31(28,29)23-15-7-9-17-8-2-3-11-19(17)23/h2-3,6-11,14-16,20-21,26-27H,4-5,12-13H2,1H3/t20-,21-/m0/s1. The monoisotopic (exact) mass is 438 g/mol. The van der Waals surface area contributed by atoms with E-state index in [4.69, 9.17) is 4.74 Å². The molecule has 0 saturated heterocycles. The fraction of sp³-hybridized carbons (Fsp3) is 0.292. The molecule has 1 aliphatic rings. The van der Waals surface area contributed by atoms with Gasteiger partial charge in [0, 0.05) is 23.2 Å². The van der Waals surface area contributed by atoms with Crippen LogP contribution in [0.5, 0.6) is 11.5 Å². The Hall–Kier alpha value is -2.90. The van der Waals surface area contributed by atoms with E-state index in [2.05, 4.69) is 9.71 Å². The average molecular weight is 439 g/mol. The quantitative estimate of drug-likeness (QED) is 0.563. The van der Waals surface area contributed by atoms with Crippen LogP contribution in [0.15, 0.2) is 70.6 Å². The van der Waals surface area contributed by atoms with E-state index in [1.807, 2.05) is 30.3 Å². The molecule has 0 spiro atoms. The summed E-state index contributed by atoms with van der Waals surface area (Å²) in [5, 5.41) is 11.9. The molecule has 2 N–H and O–H groups in total. The molecule has 0 radical (unpaired) electrons. The third-order valence-corrected chi connectivity index (χ3v) is 7.28. The zero-order valence-corrected chi connectivity index (χ0v) is 18.2. The van der Waals surface area contributed by atoms with Gasteiger partial charge in [0.2, 0.25) is 10.0 Å². The number of phenols is 1. The molecule has 2 atom stereocenters. The van der Waals surface area contributed by atoms with Gasteiger partial charge in [0.25, 0.3) is 0 Å². The number of hydrogen-bond donors (Lipinski definition) is 2. The summed E-state index contributed by atoms with van der Waals surface area (Å²) < 4.78 is 34.5. The molecule has 0 aliphatic heterocycles. The van der Waals surface area contributed by atoms with Gasteiger partial charge in [-0.25, -0.2) is 13.1 Å². The molecule has 162 valence electrons. The summed E-state index contributed by atoms with van der Waals surface area (Å²) in [5.41, 5.74) is 0.542. The zero-order valence-electron chi connectivity index (χ0n) is 17.4. The lowest BCUT2D eigenvalue weighted by molar-refractivity contribution is 0.363. The number of hydrogen-bond acceptors (Lipinski definition) is 5. The Morgan fingerprint density at radius 3 is 2.61 bits per heavy atom. The van der Waals surface area contributed by atoms with E-state index in [0.717, 1.165) is 31.1 Å². The number of sulfonamides is 1. The van der Waals surface area contributed by atoms with Crippen LogP contribution in [0.2, 0.25) is 0 Å². The van der Waals surface area contributed by atoms with Crippen LogP contribution in [0.25, 0.3) is 10.8 Å². The van der Waals surface area contributed by atoms with Crippen LogP contribution in [0.3, 0.4) is 0 Å². The summed E-state index contributed by atoms with van der Waals surface area (Å²) >= 11 is 0. The topological polar surface area (TPSA) is 88.0 Å². The van der Waals surface area contributed by atoms with Crippen LogP contribution in [0.4, 0.5) is 0 Å². The molecule has 31 heavy (non-hydrogen) atoms. The van der Waals surface area contributed by atoms with Gasteiger partial charge in [-0.05, 0) is 36.4 Å². The molecule has 3 aromatic carbocycles. The van der Waals surface area contributed by atoms with Crippen molar-refractivity contribution < 1.29 is 18.3 Å². The molecule has 1 saturated carbocycles. The Bertz CT molecular complexity index is 1200. The molecule has 7 heteroatoms. The predicted octanol–water partition coefficient (Wildman–Crippen LogP) is 4.26. The second-order valence-corrected chi connectivity index (χ2v) is 9.42. The van der Waals surface area contributed by atoms with Crippen molar-refractivity contribution in [3.8, 4) is 11.5 Å². The van der Waals surface area contributed by atoms with Crippen molar-refractivity contribution in [2.45, 2.75) is 42.7 Å². The summed E-state index contributed by atoms with van der Waals surface area (Å²) in [6.45, 7) is 0. The molecular weight excluding hydrogens is 412 g/mol. The first-order valence-electron chi connectivity index (χ1n) is 10.4. The Labute approximate surface area is 182 Å². The second-order valence-electron chi connectivity index (χ2n) is 7.73. The number of benzene rings is 3. The van der Waals surface area contributed by atoms with Gasteiger partial charge in [0.05, 0.1) is 18.0 Å². The lowest BCUT2D eigenvalue weighted by Crippen LogP contribution is -2.44. The van der Waals surface area contributed by atoms with Gasteiger partial charge in [-0.1, -0.05) is 55.3 Å². The molecule has 1 aliphatic carbocycles. The highest BCUT2D eigenvalue weighted by molar-refractivity contribution is 7.89. The number of fused-ring (bicyclic) bond motifs is 1. The number of phenolic OH excluding ortho intramolecular Hbond substituents is 1. The van der Waals surface area contributed by atoms with Crippen LogP contribution < -0.4 is 9.46 Å². The number of para-hydroxylation sites is 1. The molecule has 0 bridgehead atoms. The number of nitrogens with zero attached hydrogens (tertiary/aromatic N) is 1. The van der Waals surface area contributed by atoms with Gasteiger partial charge >= 0.3 is 0 Å². The van der Waals surface area contributed by atoms with Crippen LogP contribution in [0, 0.1) is 0 Å². The number of methoxy groups -OCH3 is 1. The van der Waals surface area contributed by atoms with E-state index in [1.165, 1.54) is 7.11 Å². The number of rotatable bonds is 6. The SMILES string of the molecule is COc1cccc(C=N[C@H]2CCCC[C@@H]2NS(=O)(=O)c2cccc3ccccc23)c1O. The molecule has 0 heterocycles. The largest absolute Gasteiger partial charge is 0.504 e. The Kier molecular flexibility index (Phi) is 6.25. The summed E-state index contributed by atoms with van der Waals surface area (Å²) in [6, 6.07) is 17.5. The van der Waals surface area contributed by atoms with Crippen LogP contribution >= 0.6 is 0 Å². The van der Waals surface area contributed by atoms with Gasteiger partial charge in [-0.2, -0.15) is 0 Å². The molecule has 0 unspecified atom stereocenters. The van der Waals surface area contributed by atoms with Crippen LogP contribution in [-0.4, -0.2) is 38.9 Å². The summed E-state index contributed by atoms with van der Waals surface area (Å²) in [5.74, 6) is 0.401. The lowest BCUT2D eigenvalue weighted by Gasteiger charge is -2.29. The number of aliphatic imine (C=N–C) groups is 1. The van der Waals surface area contributed by atoms with Crippen molar-refractivity contribution in [1.29, 1.82) is 0 Å². The highest BCUT2D eigenvalue weighted by Crippen LogP contribution is 2.29. The first-order chi connectivity index (χ1) is 15.0. The molecule has 0 aromatic heterocycles. The smallest absolute Gasteiger partial charge is 0.241 e. The van der Waals surface area contributed by atoms with Crippen LogP contribution in [-0.2, 0) is 10.0 Å². The molecule has 1 fully saturated rings. The highest BCUT2D eigenvalue weighted by atomic mass is 32.2. The van der Waals surface area contributed by atoms with Gasteiger partial charge in [0.1, 0.15) is 0 Å². The molecule has 6 nitrogen and oxygen atoms in total. The minimum absolute atomic E-state index is 0.0254. The van der Waals surface area contributed by atoms with E-state index >= 15 is 0 Å². The third-order valence-electron chi connectivity index (χ3n) is 5.73. The van der Waals surface area contributed by atoms with Crippen molar-refractivity contribution in [1.82, 2.24) is 4.72 Å². The summed E-state index contributed by atoms with van der Waals surface area (Å²) in [6.07, 6.45) is 5.03. The molecule has 4 rings (SSSR count). The van der Waals surface area contributed by atoms with Gasteiger partial charge < -0.3 is 9.84 Å². The number of nitrogens with one attached hydrogen (secondary N) is 1. The van der Waals surface area contributed by atoms with E-state index in [9.17, 15) is 13.5 Å². The first-order valence-corrected chi connectivity index (χ1v) is 11.9. The first kappa shape index (κ1) is 21.3. The maximum atomic E-state index is 13.3. The maximum Gasteiger partial charge on any atom is 0.241 e. The molecule has 3 aromatic rings. The van der Waals surface area contributed by atoms with Crippen molar-refractivity contribution >= 4 is 27.0 Å². The third kappa shape index (κ3) is 4.57. The highest BCUT2D eigenvalue weighted by Gasteiger charge is 2.29. The van der Waals surface area contributed by atoms with Crippen LogP contribution in [0.1, 0.15) is 31.2 Å². The van der Waals surface area contributed by atoms with Crippen molar-refractivity contribution in [3.05, 3.63) is 66.2 Å². The lowest BCUT2D eigenvalue weighted by atomic mass is 9.91. The van der Waals surface area contributed by atoms with E-state index < -0.39 is 10.0 Å². The summed E-state index contributed by atoms with van der Waals surface area (Å²) in [7, 11) is -2.22. The van der Waals surface area contributed by atoms with Crippen molar-refractivity contribution in [2.24, 2.45) is 4.99 Å². The molecule has 0 amide bonds. The Balaban J connectivity index is 1.59. The van der Waals surface area contributed by atoms with Crippen molar-refractivity contribution in [3.63, 3.8) is 0 Å². The Morgan fingerprint density at radius 2 is 1.77 bits per heavy atom. The van der Waals surface area contributed by atoms with Gasteiger partial charge in [-0.15, -0.1) is 0 Å².